The number of hydrogen-bond donors (Lipinski definition) is 0. The summed E-state index contributed by atoms with van der Waals surface area (Å²) in [6.45, 7) is 2.78. The standard InChI is InChI=1S/C23H20N2O6S2.2C23H20N2O4S/c1-24-21-18(12-19(32-21)22(27)31-14-16-6-4-3-5-7-16)20(26)25(23(24)28)13-15-8-10-17(11-9-15)33(2,29)30;1-15-8-10-16(11-9-15)13-25-20(26)18-12-19(30-21(18)24(2)23(25)28)22(27)29-14-17-6-4-3-5-7-17;1-24-21-18(14-19(30-21)22(27)29-15-17-10-6-3-7-11-17)20(26)25(23(24)28)13-12-16-8-4-2-5-9-16/h3-12H,13-14H2,1-2H3;3-12H,13-14H2,1-2H3;2-11,14H,12-13,15H2,1H3. The van der Waals surface area contributed by atoms with E-state index in [-0.39, 0.29) is 60.2 Å². The van der Waals surface area contributed by atoms with Crippen LogP contribution in [0.2, 0.25) is 0 Å². The second-order valence-corrected chi connectivity index (χ2v) is 26.7. The molecule has 0 radical (unpaired) electrons. The minimum atomic E-state index is -3.35. The Morgan fingerprint density at radius 3 is 1.03 bits per heavy atom. The maximum Gasteiger partial charge on any atom is 0.348 e. The molecule has 6 aromatic carbocycles. The highest BCUT2D eigenvalue weighted by molar-refractivity contribution is 7.90. The Labute approximate surface area is 542 Å². The van der Waals surface area contributed by atoms with E-state index < -0.39 is 55.9 Å². The highest BCUT2D eigenvalue weighted by Crippen LogP contribution is 2.26. The highest BCUT2D eigenvalue weighted by atomic mass is 32.2. The predicted molar refractivity (Wildman–Crippen MR) is 360 cm³/mol. The summed E-state index contributed by atoms with van der Waals surface area (Å²) in [5, 5.41) is 0.921. The van der Waals surface area contributed by atoms with Gasteiger partial charge in [0.1, 0.15) is 48.9 Å². The Kier molecular flexibility index (Phi) is 20.3. The summed E-state index contributed by atoms with van der Waals surface area (Å²) in [5.41, 5.74) is 3.52. The average molecular weight is 1330 g/mol. The Hall–Kier alpha value is -10.4. The van der Waals surface area contributed by atoms with E-state index in [2.05, 4.69) is 0 Å². The van der Waals surface area contributed by atoms with Gasteiger partial charge in [-0.3, -0.25) is 41.8 Å². The summed E-state index contributed by atoms with van der Waals surface area (Å²) in [4.78, 5) is 117. The zero-order valence-corrected chi connectivity index (χ0v) is 54.1. The maximum atomic E-state index is 13.1. The monoisotopic (exact) mass is 1320 g/mol. The van der Waals surface area contributed by atoms with Crippen LogP contribution in [-0.2, 0) is 91.1 Å². The number of esters is 3. The van der Waals surface area contributed by atoms with E-state index in [0.29, 0.717) is 47.0 Å². The van der Waals surface area contributed by atoms with Crippen LogP contribution in [0.3, 0.4) is 0 Å². The van der Waals surface area contributed by atoms with Gasteiger partial charge in [0.15, 0.2) is 9.84 Å². The van der Waals surface area contributed by atoms with E-state index in [1.165, 1.54) is 60.2 Å². The van der Waals surface area contributed by atoms with Gasteiger partial charge in [-0.05, 0) is 77.1 Å². The zero-order valence-electron chi connectivity index (χ0n) is 50.9. The summed E-state index contributed by atoms with van der Waals surface area (Å²) in [7, 11) is 1.39. The lowest BCUT2D eigenvalue weighted by molar-refractivity contribution is 0.0470. The van der Waals surface area contributed by atoms with Gasteiger partial charge in [-0.2, -0.15) is 0 Å². The van der Waals surface area contributed by atoms with Crippen LogP contribution in [0.5, 0.6) is 0 Å². The lowest BCUT2D eigenvalue weighted by atomic mass is 10.1. The zero-order chi connectivity index (χ0) is 66.1. The van der Waals surface area contributed by atoms with Crippen molar-refractivity contribution < 1.29 is 37.0 Å². The molecule has 12 aromatic rings. The number of ether oxygens (including phenoxy) is 3. The molecule has 0 atom stereocenters. The Bertz CT molecular complexity index is 5240. The number of carbonyl (C=O) groups is 3. The molecule has 0 saturated carbocycles. The van der Waals surface area contributed by atoms with Crippen molar-refractivity contribution >= 4 is 92.4 Å². The van der Waals surface area contributed by atoms with Gasteiger partial charge < -0.3 is 14.2 Å². The maximum absolute atomic E-state index is 13.1. The number of carbonyl (C=O) groups excluding carboxylic acids is 3. The van der Waals surface area contributed by atoms with Gasteiger partial charge >= 0.3 is 35.0 Å². The lowest BCUT2D eigenvalue weighted by Gasteiger charge is -2.09. The number of sulfone groups is 1. The van der Waals surface area contributed by atoms with Gasteiger partial charge in [0.2, 0.25) is 0 Å². The largest absolute Gasteiger partial charge is 0.457 e. The molecule has 0 N–H and O–H groups in total. The first-order valence-electron chi connectivity index (χ1n) is 28.8. The first-order chi connectivity index (χ1) is 44.6. The number of fused-ring (bicyclic) bond motifs is 3. The fourth-order valence-corrected chi connectivity index (χ4v) is 13.4. The summed E-state index contributed by atoms with van der Waals surface area (Å²) in [5.74, 6) is -1.60. The van der Waals surface area contributed by atoms with Crippen LogP contribution < -0.4 is 33.7 Å². The minimum absolute atomic E-state index is 0.0326. The van der Waals surface area contributed by atoms with Crippen molar-refractivity contribution in [3.8, 4) is 0 Å². The molecule has 0 aliphatic rings. The number of aromatic nitrogens is 6. The predicted octanol–water partition coefficient (Wildman–Crippen LogP) is 9.41. The Morgan fingerprint density at radius 1 is 0.398 bits per heavy atom. The van der Waals surface area contributed by atoms with Crippen LogP contribution in [0.1, 0.15) is 68.0 Å². The summed E-state index contributed by atoms with van der Waals surface area (Å²) in [6, 6.07) is 55.8. The third-order valence-corrected chi connectivity index (χ3v) is 19.6. The molecule has 0 aliphatic heterocycles. The van der Waals surface area contributed by atoms with Crippen LogP contribution in [0, 0.1) is 6.92 Å². The van der Waals surface area contributed by atoms with Gasteiger partial charge in [-0.1, -0.05) is 163 Å². The van der Waals surface area contributed by atoms with Crippen molar-refractivity contribution in [3.63, 3.8) is 0 Å². The van der Waals surface area contributed by atoms with Gasteiger partial charge in [0.05, 0.1) is 34.1 Å². The highest BCUT2D eigenvalue weighted by Gasteiger charge is 2.23. The molecule has 20 nitrogen and oxygen atoms in total. The van der Waals surface area contributed by atoms with Crippen molar-refractivity contribution in [2.24, 2.45) is 21.1 Å². The van der Waals surface area contributed by atoms with Crippen molar-refractivity contribution in [1.82, 2.24) is 27.4 Å². The third kappa shape index (κ3) is 15.3. The Balaban J connectivity index is 0.000000153. The minimum Gasteiger partial charge on any atom is -0.457 e. The van der Waals surface area contributed by atoms with Crippen LogP contribution in [-0.4, -0.2) is 60.0 Å². The number of nitrogens with zero attached hydrogens (tertiary/aromatic N) is 6. The normalized spacial score (nSPS) is 11.2. The lowest BCUT2D eigenvalue weighted by Crippen LogP contribution is -2.39. The van der Waals surface area contributed by atoms with Crippen molar-refractivity contribution in [2.45, 2.75) is 57.7 Å². The van der Waals surface area contributed by atoms with E-state index in [1.807, 2.05) is 153 Å². The fraction of sp³-hybridized carbons (Fsp3) is 0.174. The molecule has 0 fully saturated rings. The molecular formula is C69H60N6O14S4. The second kappa shape index (κ2) is 28.8. The molecule has 12 rings (SSSR count). The second-order valence-electron chi connectivity index (χ2n) is 21.6. The van der Waals surface area contributed by atoms with Gasteiger partial charge in [-0.25, -0.2) is 37.2 Å². The first kappa shape index (κ1) is 65.5. The number of aryl methyl sites for hydroxylation is 5. The van der Waals surface area contributed by atoms with E-state index in [4.69, 9.17) is 14.2 Å². The molecule has 6 heterocycles. The molecule has 0 aliphatic carbocycles. The van der Waals surface area contributed by atoms with Crippen molar-refractivity contribution in [3.05, 3.63) is 304 Å². The van der Waals surface area contributed by atoms with E-state index in [9.17, 15) is 51.6 Å². The topological polar surface area (TPSA) is 245 Å². The van der Waals surface area contributed by atoms with Crippen LogP contribution in [0.4, 0.5) is 0 Å². The van der Waals surface area contributed by atoms with Crippen molar-refractivity contribution in [2.75, 3.05) is 6.26 Å². The number of benzene rings is 6. The third-order valence-electron chi connectivity index (χ3n) is 14.9. The van der Waals surface area contributed by atoms with E-state index >= 15 is 0 Å². The van der Waals surface area contributed by atoms with Crippen molar-refractivity contribution in [1.29, 1.82) is 0 Å². The average Bonchev–Trinajstić information content (AvgIpc) is 1.75. The smallest absolute Gasteiger partial charge is 0.348 e. The number of thiophene rings is 3. The molecule has 0 unspecified atom stereocenters. The number of rotatable bonds is 17. The first-order valence-corrected chi connectivity index (χ1v) is 33.2. The van der Waals surface area contributed by atoms with E-state index in [1.54, 1.807) is 26.2 Å². The van der Waals surface area contributed by atoms with Gasteiger partial charge in [0, 0.05) is 33.9 Å². The van der Waals surface area contributed by atoms with Gasteiger partial charge in [-0.15, -0.1) is 34.0 Å². The molecule has 0 amide bonds. The summed E-state index contributed by atoms with van der Waals surface area (Å²) in [6.07, 6.45) is 1.67. The summed E-state index contributed by atoms with van der Waals surface area (Å²) >= 11 is 3.20. The molecule has 24 heteroatoms. The SMILES string of the molecule is Cc1ccc(Cn2c(=O)c3cc(C(=O)OCc4ccccc4)sc3n(C)c2=O)cc1.Cn1c(=O)n(CCc2ccccc2)c(=O)c2cc(C(=O)OCc3ccccc3)sc21.Cn1c(=O)n(Cc2ccc(S(C)(=O)=O)cc2)c(=O)c2cc(C(=O)OCc3ccccc3)sc21. The fourth-order valence-electron chi connectivity index (χ4n) is 9.80. The van der Waals surface area contributed by atoms with Crippen LogP contribution in [0.25, 0.3) is 30.6 Å². The number of hydrogen-bond acceptors (Lipinski definition) is 17. The molecule has 0 saturated heterocycles. The van der Waals surface area contributed by atoms with Gasteiger partial charge in [0.25, 0.3) is 16.7 Å². The molecule has 6 aromatic heterocycles. The molecular weight excluding hydrogens is 1270 g/mol. The van der Waals surface area contributed by atoms with Crippen LogP contribution >= 0.6 is 34.0 Å². The molecule has 93 heavy (non-hydrogen) atoms. The Morgan fingerprint density at radius 2 is 0.699 bits per heavy atom. The molecule has 474 valence electrons. The molecule has 0 spiro atoms. The summed E-state index contributed by atoms with van der Waals surface area (Å²) < 4.78 is 47.0. The van der Waals surface area contributed by atoms with Crippen LogP contribution in [0.15, 0.2) is 222 Å². The molecule has 0 bridgehead atoms. The van der Waals surface area contributed by atoms with E-state index in [0.717, 1.165) is 78.2 Å². The quantitative estimate of drug-likeness (QED) is 0.0609.